The molecule has 0 radical (unpaired) electrons. The zero-order valence-corrected chi connectivity index (χ0v) is 13.4. The molecule has 1 aromatic carbocycles. The van der Waals surface area contributed by atoms with E-state index in [1.54, 1.807) is 24.3 Å². The van der Waals surface area contributed by atoms with Crippen molar-refractivity contribution < 1.29 is 4.79 Å². The van der Waals surface area contributed by atoms with Gasteiger partial charge in [-0.05, 0) is 18.6 Å². The first-order valence-corrected chi connectivity index (χ1v) is 7.30. The van der Waals surface area contributed by atoms with E-state index in [-0.39, 0.29) is 11.7 Å². The van der Waals surface area contributed by atoms with Gasteiger partial charge < -0.3 is 5.73 Å². The minimum Gasteiger partial charge on any atom is -0.398 e. The number of carbonyl (C=O) groups excluding carboxylic acids is 1. The van der Waals surface area contributed by atoms with Crippen molar-refractivity contribution in [3.63, 3.8) is 0 Å². The van der Waals surface area contributed by atoms with Crippen LogP contribution in [0.5, 0.6) is 0 Å². The van der Waals surface area contributed by atoms with Gasteiger partial charge in [0.2, 0.25) is 0 Å². The van der Waals surface area contributed by atoms with Crippen molar-refractivity contribution in [3.8, 4) is 0 Å². The first kappa shape index (κ1) is 16.8. The average molecular weight is 312 g/mol. The SMILES string of the molecule is CC/C=C/C(C(=O)C(C)C)=C(N)c1c(Cl)cccc1Cl. The molecule has 0 amide bonds. The number of ketones is 1. The summed E-state index contributed by atoms with van der Waals surface area (Å²) in [5.74, 6) is -0.172. The van der Waals surface area contributed by atoms with Crippen LogP contribution in [0.15, 0.2) is 35.9 Å². The molecule has 0 fully saturated rings. The molecular weight excluding hydrogens is 293 g/mol. The van der Waals surface area contributed by atoms with Gasteiger partial charge in [-0.15, -0.1) is 0 Å². The van der Waals surface area contributed by atoms with E-state index in [0.29, 0.717) is 26.9 Å². The minimum atomic E-state index is -0.147. The molecule has 0 atom stereocenters. The topological polar surface area (TPSA) is 43.1 Å². The van der Waals surface area contributed by atoms with Gasteiger partial charge in [-0.25, -0.2) is 0 Å². The Labute approximate surface area is 130 Å². The molecule has 0 aliphatic heterocycles. The maximum Gasteiger partial charge on any atom is 0.167 e. The molecule has 0 spiro atoms. The second-order valence-corrected chi connectivity index (χ2v) is 5.57. The molecule has 4 heteroatoms. The van der Waals surface area contributed by atoms with Crippen LogP contribution in [0.4, 0.5) is 0 Å². The molecule has 1 rings (SSSR count). The Morgan fingerprint density at radius 1 is 1.30 bits per heavy atom. The van der Waals surface area contributed by atoms with Crippen LogP contribution in [-0.4, -0.2) is 5.78 Å². The largest absolute Gasteiger partial charge is 0.398 e. The van der Waals surface area contributed by atoms with E-state index in [4.69, 9.17) is 28.9 Å². The van der Waals surface area contributed by atoms with Crippen molar-refractivity contribution in [1.29, 1.82) is 0 Å². The van der Waals surface area contributed by atoms with Crippen LogP contribution in [0, 0.1) is 5.92 Å². The van der Waals surface area contributed by atoms with Crippen molar-refractivity contribution >= 4 is 34.7 Å². The normalized spacial score (nSPS) is 12.9. The Morgan fingerprint density at radius 3 is 2.30 bits per heavy atom. The summed E-state index contributed by atoms with van der Waals surface area (Å²) in [5.41, 5.74) is 7.45. The van der Waals surface area contributed by atoms with Crippen molar-refractivity contribution in [1.82, 2.24) is 0 Å². The summed E-state index contributed by atoms with van der Waals surface area (Å²) in [5, 5.41) is 0.878. The van der Waals surface area contributed by atoms with E-state index in [1.165, 1.54) is 0 Å². The molecule has 0 unspecified atom stereocenters. The summed E-state index contributed by atoms with van der Waals surface area (Å²) < 4.78 is 0. The molecular formula is C16H19Cl2NO. The van der Waals surface area contributed by atoms with E-state index in [1.807, 2.05) is 26.8 Å². The van der Waals surface area contributed by atoms with Crippen molar-refractivity contribution in [2.24, 2.45) is 11.7 Å². The summed E-state index contributed by atoms with van der Waals surface area (Å²) in [4.78, 5) is 12.3. The van der Waals surface area contributed by atoms with Gasteiger partial charge >= 0.3 is 0 Å². The number of rotatable bonds is 5. The number of hydrogen-bond acceptors (Lipinski definition) is 2. The number of hydrogen-bond donors (Lipinski definition) is 1. The Kier molecular flexibility index (Phi) is 6.31. The maximum atomic E-state index is 12.3. The standard InChI is InChI=1S/C16H19Cl2NO/c1-4-5-7-11(16(20)10(2)3)15(19)14-12(17)8-6-9-13(14)18/h5-10H,4,19H2,1-3H3/b7-5+,15-11?. The van der Waals surface area contributed by atoms with Gasteiger partial charge in [0, 0.05) is 17.1 Å². The molecule has 2 nitrogen and oxygen atoms in total. The van der Waals surface area contributed by atoms with Gasteiger partial charge in [0.25, 0.3) is 0 Å². The molecule has 0 heterocycles. The first-order chi connectivity index (χ1) is 9.40. The molecule has 2 N–H and O–H groups in total. The number of halogens is 2. The Morgan fingerprint density at radius 2 is 1.85 bits per heavy atom. The Bertz CT molecular complexity index is 539. The minimum absolute atomic E-state index is 0.0248. The Hall–Kier alpha value is -1.25. The van der Waals surface area contributed by atoms with E-state index < -0.39 is 0 Å². The highest BCUT2D eigenvalue weighted by atomic mass is 35.5. The van der Waals surface area contributed by atoms with E-state index >= 15 is 0 Å². The highest BCUT2D eigenvalue weighted by Crippen LogP contribution is 2.31. The quantitative estimate of drug-likeness (QED) is 0.623. The fraction of sp³-hybridized carbons (Fsp3) is 0.312. The molecule has 20 heavy (non-hydrogen) atoms. The van der Waals surface area contributed by atoms with Crippen molar-refractivity contribution in [2.45, 2.75) is 27.2 Å². The van der Waals surface area contributed by atoms with E-state index in [0.717, 1.165) is 6.42 Å². The third-order valence-electron chi connectivity index (χ3n) is 2.83. The predicted octanol–water partition coefficient (Wildman–Crippen LogP) is 4.85. The molecule has 0 aliphatic carbocycles. The van der Waals surface area contributed by atoms with Crippen LogP contribution in [0.1, 0.15) is 32.8 Å². The Balaban J connectivity index is 3.48. The number of carbonyl (C=O) groups is 1. The lowest BCUT2D eigenvalue weighted by Crippen LogP contribution is -2.14. The third-order valence-corrected chi connectivity index (χ3v) is 3.46. The van der Waals surface area contributed by atoms with Crippen LogP contribution in [0.3, 0.4) is 0 Å². The van der Waals surface area contributed by atoms with Crippen molar-refractivity contribution in [2.75, 3.05) is 0 Å². The van der Waals surface area contributed by atoms with Crippen LogP contribution in [0.25, 0.3) is 5.70 Å². The molecule has 0 saturated heterocycles. The summed E-state index contributed by atoms with van der Waals surface area (Å²) in [7, 11) is 0. The number of allylic oxidation sites excluding steroid dienone is 3. The fourth-order valence-corrected chi connectivity index (χ4v) is 2.34. The van der Waals surface area contributed by atoms with E-state index in [2.05, 4.69) is 0 Å². The second-order valence-electron chi connectivity index (χ2n) is 4.75. The number of benzene rings is 1. The van der Waals surface area contributed by atoms with Gasteiger partial charge in [0.05, 0.1) is 15.7 Å². The lowest BCUT2D eigenvalue weighted by molar-refractivity contribution is -0.117. The fourth-order valence-electron chi connectivity index (χ4n) is 1.74. The lowest BCUT2D eigenvalue weighted by Gasteiger charge is -2.13. The lowest BCUT2D eigenvalue weighted by atomic mass is 9.96. The smallest absolute Gasteiger partial charge is 0.167 e. The van der Waals surface area contributed by atoms with Gasteiger partial charge in [-0.2, -0.15) is 0 Å². The highest BCUT2D eigenvalue weighted by molar-refractivity contribution is 6.37. The summed E-state index contributed by atoms with van der Waals surface area (Å²) in [6.07, 6.45) is 4.46. The second kappa shape index (κ2) is 7.51. The van der Waals surface area contributed by atoms with Gasteiger partial charge in [-0.3, -0.25) is 4.79 Å². The molecule has 0 aliphatic rings. The molecule has 0 saturated carbocycles. The van der Waals surface area contributed by atoms with Gasteiger partial charge in [-0.1, -0.05) is 62.2 Å². The number of Topliss-reactive ketones (excluding diaryl/α,β-unsaturated/α-hetero) is 1. The first-order valence-electron chi connectivity index (χ1n) is 6.55. The van der Waals surface area contributed by atoms with Crippen LogP contribution in [0.2, 0.25) is 10.0 Å². The van der Waals surface area contributed by atoms with Gasteiger partial charge in [0.1, 0.15) is 0 Å². The molecule has 0 bridgehead atoms. The summed E-state index contributed by atoms with van der Waals surface area (Å²) in [6, 6.07) is 5.15. The monoisotopic (exact) mass is 311 g/mol. The van der Waals surface area contributed by atoms with Gasteiger partial charge in [0.15, 0.2) is 5.78 Å². The van der Waals surface area contributed by atoms with Crippen LogP contribution >= 0.6 is 23.2 Å². The number of nitrogens with two attached hydrogens (primary N) is 1. The zero-order valence-electron chi connectivity index (χ0n) is 11.9. The van der Waals surface area contributed by atoms with Crippen molar-refractivity contribution in [3.05, 3.63) is 51.5 Å². The maximum absolute atomic E-state index is 12.3. The highest BCUT2D eigenvalue weighted by Gasteiger charge is 2.18. The predicted molar refractivity (Wildman–Crippen MR) is 86.8 cm³/mol. The summed E-state index contributed by atoms with van der Waals surface area (Å²) >= 11 is 12.3. The van der Waals surface area contributed by atoms with Crippen LogP contribution < -0.4 is 5.73 Å². The molecule has 1 aromatic rings. The average Bonchev–Trinajstić information content (AvgIpc) is 2.38. The molecule has 0 aromatic heterocycles. The molecule has 108 valence electrons. The third kappa shape index (κ3) is 3.87. The van der Waals surface area contributed by atoms with Crippen LogP contribution in [-0.2, 0) is 4.79 Å². The summed E-state index contributed by atoms with van der Waals surface area (Å²) in [6.45, 7) is 5.67. The van der Waals surface area contributed by atoms with E-state index in [9.17, 15) is 4.79 Å². The zero-order chi connectivity index (χ0) is 15.3.